The first kappa shape index (κ1) is 21.7. The zero-order chi connectivity index (χ0) is 22.6. The van der Waals surface area contributed by atoms with Crippen LogP contribution in [-0.2, 0) is 21.4 Å². The normalized spacial score (nSPS) is 15.2. The highest BCUT2D eigenvalue weighted by atomic mass is 32.2. The predicted molar refractivity (Wildman–Crippen MR) is 118 cm³/mol. The molecule has 0 aliphatic carbocycles. The van der Waals surface area contributed by atoms with Gasteiger partial charge in [0, 0.05) is 37.3 Å². The van der Waals surface area contributed by atoms with Crippen LogP contribution in [-0.4, -0.2) is 41.5 Å². The van der Waals surface area contributed by atoms with Crippen LogP contribution < -0.4 is 5.32 Å². The van der Waals surface area contributed by atoms with Crippen molar-refractivity contribution < 1.29 is 13.2 Å². The van der Waals surface area contributed by atoms with E-state index in [9.17, 15) is 13.2 Å². The Morgan fingerprint density at radius 1 is 1.09 bits per heavy atom. The molecule has 0 radical (unpaired) electrons. The molecular weight excluding hydrogens is 426 g/mol. The molecule has 0 unspecified atom stereocenters. The van der Waals surface area contributed by atoms with Crippen molar-refractivity contribution in [3.05, 3.63) is 78.1 Å². The number of nitriles is 1. The van der Waals surface area contributed by atoms with Crippen LogP contribution in [0.5, 0.6) is 0 Å². The Labute approximate surface area is 187 Å². The maximum atomic E-state index is 12.8. The number of para-hydroxylation sites is 1. The van der Waals surface area contributed by atoms with E-state index in [2.05, 4.69) is 10.4 Å². The van der Waals surface area contributed by atoms with Crippen LogP contribution in [0.25, 0.3) is 5.69 Å². The van der Waals surface area contributed by atoms with Crippen molar-refractivity contribution in [3.63, 3.8) is 0 Å². The average molecular weight is 450 g/mol. The van der Waals surface area contributed by atoms with Crippen molar-refractivity contribution in [1.29, 1.82) is 5.26 Å². The van der Waals surface area contributed by atoms with Crippen molar-refractivity contribution in [3.8, 4) is 11.8 Å². The van der Waals surface area contributed by atoms with Crippen LogP contribution in [0.2, 0.25) is 0 Å². The Balaban J connectivity index is 1.30. The van der Waals surface area contributed by atoms with Gasteiger partial charge in [-0.2, -0.15) is 14.7 Å². The third kappa shape index (κ3) is 4.72. The van der Waals surface area contributed by atoms with Gasteiger partial charge in [0.15, 0.2) is 0 Å². The van der Waals surface area contributed by atoms with Gasteiger partial charge in [-0.15, -0.1) is 0 Å². The minimum absolute atomic E-state index is 0.0760. The van der Waals surface area contributed by atoms with Gasteiger partial charge in [-0.1, -0.05) is 18.2 Å². The van der Waals surface area contributed by atoms with E-state index in [0.717, 1.165) is 11.3 Å². The highest BCUT2D eigenvalue weighted by Crippen LogP contribution is 2.24. The van der Waals surface area contributed by atoms with E-state index in [-0.39, 0.29) is 29.8 Å². The number of carbonyl (C=O) groups is 1. The summed E-state index contributed by atoms with van der Waals surface area (Å²) >= 11 is 0. The maximum absolute atomic E-state index is 12.8. The number of hydrogen-bond acceptors (Lipinski definition) is 5. The molecule has 2 heterocycles. The van der Waals surface area contributed by atoms with Crippen molar-refractivity contribution in [2.24, 2.45) is 5.92 Å². The second kappa shape index (κ2) is 9.34. The molecule has 1 fully saturated rings. The molecule has 9 heteroatoms. The zero-order valence-electron chi connectivity index (χ0n) is 17.4. The topological polar surface area (TPSA) is 108 Å². The Hall–Kier alpha value is -3.48. The Morgan fingerprint density at radius 3 is 2.44 bits per heavy atom. The van der Waals surface area contributed by atoms with Gasteiger partial charge in [0.05, 0.1) is 28.4 Å². The highest BCUT2D eigenvalue weighted by molar-refractivity contribution is 7.89. The fraction of sp³-hybridized carbons (Fsp3) is 0.261. The van der Waals surface area contributed by atoms with E-state index in [0.29, 0.717) is 24.9 Å². The number of aromatic nitrogens is 2. The smallest absolute Gasteiger partial charge is 0.243 e. The van der Waals surface area contributed by atoms with Crippen LogP contribution >= 0.6 is 0 Å². The molecule has 1 aliphatic rings. The summed E-state index contributed by atoms with van der Waals surface area (Å²) in [6.07, 6.45) is 4.53. The van der Waals surface area contributed by atoms with Crippen LogP contribution in [0.4, 0.5) is 0 Å². The first-order valence-electron chi connectivity index (χ1n) is 10.3. The summed E-state index contributed by atoms with van der Waals surface area (Å²) in [6.45, 7) is 0.939. The molecule has 1 N–H and O–H groups in total. The van der Waals surface area contributed by atoms with Crippen molar-refractivity contribution in [2.45, 2.75) is 24.3 Å². The second-order valence-electron chi connectivity index (χ2n) is 7.66. The number of nitrogens with zero attached hydrogens (tertiary/aromatic N) is 4. The third-order valence-corrected chi connectivity index (χ3v) is 7.48. The lowest BCUT2D eigenvalue weighted by molar-refractivity contribution is -0.126. The van der Waals surface area contributed by atoms with E-state index in [4.69, 9.17) is 5.26 Å². The highest BCUT2D eigenvalue weighted by Gasteiger charge is 2.32. The minimum Gasteiger partial charge on any atom is -0.352 e. The molecule has 4 rings (SSSR count). The first-order valence-corrected chi connectivity index (χ1v) is 11.8. The molecule has 164 valence electrons. The van der Waals surface area contributed by atoms with Crippen LogP contribution in [0, 0.1) is 17.2 Å². The Morgan fingerprint density at radius 2 is 1.78 bits per heavy atom. The molecule has 0 atom stereocenters. The number of amides is 1. The molecule has 1 aromatic heterocycles. The van der Waals surface area contributed by atoms with E-state index in [1.54, 1.807) is 10.9 Å². The molecular formula is C23H23N5O3S. The zero-order valence-corrected chi connectivity index (χ0v) is 18.2. The van der Waals surface area contributed by atoms with Crippen LogP contribution in [0.3, 0.4) is 0 Å². The van der Waals surface area contributed by atoms with Gasteiger partial charge in [-0.05, 0) is 49.2 Å². The van der Waals surface area contributed by atoms with Crippen molar-refractivity contribution in [2.75, 3.05) is 13.1 Å². The molecule has 1 aliphatic heterocycles. The Bertz CT molecular complexity index is 1220. The van der Waals surface area contributed by atoms with Crippen LogP contribution in [0.1, 0.15) is 24.0 Å². The van der Waals surface area contributed by atoms with Gasteiger partial charge >= 0.3 is 0 Å². The van der Waals surface area contributed by atoms with E-state index in [1.165, 1.54) is 28.6 Å². The van der Waals surface area contributed by atoms with Gasteiger partial charge < -0.3 is 5.32 Å². The van der Waals surface area contributed by atoms with E-state index in [1.807, 2.05) is 42.6 Å². The van der Waals surface area contributed by atoms with Gasteiger partial charge in [-0.25, -0.2) is 13.1 Å². The summed E-state index contributed by atoms with van der Waals surface area (Å²) in [5.41, 5.74) is 2.25. The molecule has 32 heavy (non-hydrogen) atoms. The molecule has 3 aromatic rings. The van der Waals surface area contributed by atoms with Gasteiger partial charge in [0.2, 0.25) is 15.9 Å². The molecule has 8 nitrogen and oxygen atoms in total. The lowest BCUT2D eigenvalue weighted by Gasteiger charge is -2.30. The molecule has 0 bridgehead atoms. The van der Waals surface area contributed by atoms with Crippen molar-refractivity contribution >= 4 is 15.9 Å². The monoisotopic (exact) mass is 449 g/mol. The first-order chi connectivity index (χ1) is 15.5. The number of sulfonamides is 1. The van der Waals surface area contributed by atoms with Crippen LogP contribution in [0.15, 0.2) is 71.9 Å². The summed E-state index contributed by atoms with van der Waals surface area (Å²) in [6, 6.07) is 17.6. The summed E-state index contributed by atoms with van der Waals surface area (Å²) in [5, 5.41) is 16.1. The van der Waals surface area contributed by atoms with E-state index < -0.39 is 10.0 Å². The lowest BCUT2D eigenvalue weighted by atomic mass is 9.97. The number of piperidine rings is 1. The fourth-order valence-corrected chi connectivity index (χ4v) is 5.19. The Kier molecular flexibility index (Phi) is 6.35. The maximum Gasteiger partial charge on any atom is 0.243 e. The number of nitrogens with one attached hydrogen (secondary N) is 1. The van der Waals surface area contributed by atoms with Crippen molar-refractivity contribution in [1.82, 2.24) is 19.4 Å². The average Bonchev–Trinajstić information content (AvgIpc) is 3.32. The fourth-order valence-electron chi connectivity index (χ4n) is 3.72. The number of carbonyl (C=O) groups excluding carboxylic acids is 1. The summed E-state index contributed by atoms with van der Waals surface area (Å²) in [4.78, 5) is 12.8. The second-order valence-corrected chi connectivity index (χ2v) is 9.60. The van der Waals surface area contributed by atoms with E-state index >= 15 is 0 Å². The predicted octanol–water partition coefficient (Wildman–Crippen LogP) is 2.46. The number of benzene rings is 2. The lowest BCUT2D eigenvalue weighted by Crippen LogP contribution is -2.42. The third-order valence-electron chi connectivity index (χ3n) is 5.57. The van der Waals surface area contributed by atoms with Gasteiger partial charge in [-0.3, -0.25) is 4.79 Å². The molecule has 1 saturated heterocycles. The number of hydrogen-bond donors (Lipinski definition) is 1. The summed E-state index contributed by atoms with van der Waals surface area (Å²) in [7, 11) is -3.63. The molecule has 0 saturated carbocycles. The molecule has 0 spiro atoms. The van der Waals surface area contributed by atoms with Gasteiger partial charge in [0.1, 0.15) is 0 Å². The minimum atomic E-state index is -3.63. The number of rotatable bonds is 6. The molecule has 1 amide bonds. The summed E-state index contributed by atoms with van der Waals surface area (Å²) < 4.78 is 28.8. The largest absolute Gasteiger partial charge is 0.352 e. The SMILES string of the molecule is N#Cc1ccc(S(=O)(=O)N2CCC(C(=O)NCc3cnn(-c4ccccc4)c3)CC2)cc1. The van der Waals surface area contributed by atoms with Gasteiger partial charge in [0.25, 0.3) is 0 Å². The standard InChI is InChI=1S/C23H23N5O3S/c24-14-18-6-8-22(9-7-18)32(30,31)27-12-10-20(11-13-27)23(29)25-15-19-16-26-28(17-19)21-4-2-1-3-5-21/h1-9,16-17,20H,10-13,15H2,(H,25,29). The quantitative estimate of drug-likeness (QED) is 0.622. The summed E-state index contributed by atoms with van der Waals surface area (Å²) in [5.74, 6) is -0.306. The molecule has 2 aromatic carbocycles.